The highest BCUT2D eigenvalue weighted by atomic mass is 19.1. The van der Waals surface area contributed by atoms with Gasteiger partial charge in [0.25, 0.3) is 5.91 Å². The SMILES string of the molecule is COc1ccc(OC)c2c1CN(C(=O)c1ccc(C(=O)O)cc1F)CC2O. The van der Waals surface area contributed by atoms with Crippen LogP contribution in [0.4, 0.5) is 4.39 Å². The second kappa shape index (κ2) is 7.24. The molecule has 0 saturated carbocycles. The van der Waals surface area contributed by atoms with Crippen LogP contribution < -0.4 is 9.47 Å². The minimum Gasteiger partial charge on any atom is -0.496 e. The molecule has 2 aromatic rings. The summed E-state index contributed by atoms with van der Waals surface area (Å²) in [6.07, 6.45) is -1.04. The molecule has 142 valence electrons. The molecule has 1 amide bonds. The molecule has 0 aromatic heterocycles. The Hall–Kier alpha value is -3.13. The summed E-state index contributed by atoms with van der Waals surface area (Å²) in [4.78, 5) is 25.0. The van der Waals surface area contributed by atoms with Crippen LogP contribution in [0.3, 0.4) is 0 Å². The number of hydrogen-bond donors (Lipinski definition) is 2. The molecule has 3 rings (SSSR count). The number of halogens is 1. The van der Waals surface area contributed by atoms with E-state index in [0.29, 0.717) is 22.6 Å². The van der Waals surface area contributed by atoms with Gasteiger partial charge >= 0.3 is 5.97 Å². The van der Waals surface area contributed by atoms with Crippen LogP contribution in [0.1, 0.15) is 37.9 Å². The fourth-order valence-corrected chi connectivity index (χ4v) is 3.22. The molecule has 2 aromatic carbocycles. The van der Waals surface area contributed by atoms with Gasteiger partial charge in [-0.1, -0.05) is 0 Å². The minimum atomic E-state index is -1.29. The molecule has 0 saturated heterocycles. The predicted octanol–water partition coefficient (Wildman–Crippen LogP) is 2.23. The number of fused-ring (bicyclic) bond motifs is 1. The molecule has 1 aliphatic rings. The van der Waals surface area contributed by atoms with Crippen molar-refractivity contribution in [2.24, 2.45) is 0 Å². The topological polar surface area (TPSA) is 96.3 Å². The lowest BCUT2D eigenvalue weighted by molar-refractivity contribution is 0.0533. The molecule has 1 atom stereocenters. The Kier molecular flexibility index (Phi) is 5.00. The van der Waals surface area contributed by atoms with Crippen LogP contribution in [0.5, 0.6) is 11.5 Å². The number of carbonyl (C=O) groups excluding carboxylic acids is 1. The number of aliphatic hydroxyl groups is 1. The molecule has 0 radical (unpaired) electrons. The van der Waals surface area contributed by atoms with Crippen molar-refractivity contribution in [3.8, 4) is 11.5 Å². The van der Waals surface area contributed by atoms with E-state index in [2.05, 4.69) is 0 Å². The van der Waals surface area contributed by atoms with E-state index < -0.39 is 23.8 Å². The van der Waals surface area contributed by atoms with Crippen molar-refractivity contribution in [3.05, 3.63) is 58.4 Å². The van der Waals surface area contributed by atoms with Gasteiger partial charge < -0.3 is 24.6 Å². The van der Waals surface area contributed by atoms with Crippen molar-refractivity contribution in [1.29, 1.82) is 0 Å². The van der Waals surface area contributed by atoms with Crippen molar-refractivity contribution in [2.45, 2.75) is 12.6 Å². The lowest BCUT2D eigenvalue weighted by Crippen LogP contribution is -2.39. The lowest BCUT2D eigenvalue weighted by atomic mass is 9.94. The van der Waals surface area contributed by atoms with Gasteiger partial charge in [0.2, 0.25) is 0 Å². The minimum absolute atomic E-state index is 0.0600. The Morgan fingerprint density at radius 1 is 1.15 bits per heavy atom. The van der Waals surface area contributed by atoms with Crippen molar-refractivity contribution < 1.29 is 33.7 Å². The number of hydrogen-bond acceptors (Lipinski definition) is 5. The third kappa shape index (κ3) is 3.31. The summed E-state index contributed by atoms with van der Waals surface area (Å²) in [6.45, 7) is 0.0290. The van der Waals surface area contributed by atoms with Gasteiger partial charge in [-0.2, -0.15) is 0 Å². The molecule has 1 heterocycles. The van der Waals surface area contributed by atoms with Crippen LogP contribution in [0.2, 0.25) is 0 Å². The highest BCUT2D eigenvalue weighted by molar-refractivity contribution is 5.96. The Bertz CT molecular complexity index is 913. The van der Waals surface area contributed by atoms with Crippen LogP contribution >= 0.6 is 0 Å². The molecular weight excluding hydrogens is 357 g/mol. The summed E-state index contributed by atoms with van der Waals surface area (Å²) < 4.78 is 24.9. The molecule has 8 heteroatoms. The van der Waals surface area contributed by atoms with Gasteiger partial charge in [0, 0.05) is 11.1 Å². The number of nitrogens with zero attached hydrogens (tertiary/aromatic N) is 1. The summed E-state index contributed by atoms with van der Waals surface area (Å²) in [5.41, 5.74) is 0.589. The molecule has 0 fully saturated rings. The van der Waals surface area contributed by atoms with Crippen LogP contribution in [-0.4, -0.2) is 47.8 Å². The molecule has 2 N–H and O–H groups in total. The first-order valence-electron chi connectivity index (χ1n) is 8.11. The number of benzene rings is 2. The van der Waals surface area contributed by atoms with Crippen molar-refractivity contribution in [2.75, 3.05) is 20.8 Å². The number of rotatable bonds is 4. The average Bonchev–Trinajstić information content (AvgIpc) is 2.66. The van der Waals surface area contributed by atoms with Crippen LogP contribution in [0, 0.1) is 5.82 Å². The van der Waals surface area contributed by atoms with E-state index in [-0.39, 0.29) is 24.2 Å². The third-order valence-electron chi connectivity index (χ3n) is 4.52. The first kappa shape index (κ1) is 18.7. The molecule has 27 heavy (non-hydrogen) atoms. The maximum atomic E-state index is 14.3. The number of carboxylic acids is 1. The molecule has 0 aliphatic carbocycles. The van der Waals surface area contributed by atoms with Crippen molar-refractivity contribution in [1.82, 2.24) is 4.90 Å². The monoisotopic (exact) mass is 375 g/mol. The molecule has 1 unspecified atom stereocenters. The first-order chi connectivity index (χ1) is 12.9. The fourth-order valence-electron chi connectivity index (χ4n) is 3.22. The maximum Gasteiger partial charge on any atom is 0.335 e. The number of methoxy groups -OCH3 is 2. The van der Waals surface area contributed by atoms with Gasteiger partial charge in [0.15, 0.2) is 0 Å². The molecule has 7 nitrogen and oxygen atoms in total. The summed E-state index contributed by atoms with van der Waals surface area (Å²) in [7, 11) is 2.95. The zero-order chi connectivity index (χ0) is 19.7. The molecule has 1 aliphatic heterocycles. The van der Waals surface area contributed by atoms with E-state index in [1.807, 2.05) is 0 Å². The van der Waals surface area contributed by atoms with Crippen molar-refractivity contribution >= 4 is 11.9 Å². The summed E-state index contributed by atoms with van der Waals surface area (Å²) >= 11 is 0. The third-order valence-corrected chi connectivity index (χ3v) is 4.52. The smallest absolute Gasteiger partial charge is 0.335 e. The lowest BCUT2D eigenvalue weighted by Gasteiger charge is -2.34. The number of aromatic carboxylic acids is 1. The van der Waals surface area contributed by atoms with Gasteiger partial charge in [-0.3, -0.25) is 4.79 Å². The Morgan fingerprint density at radius 2 is 1.81 bits per heavy atom. The number of β-amino-alcohol motifs (C(OH)–C–C–N with tert-alkyl or cyclic N) is 1. The van der Waals surface area contributed by atoms with Gasteiger partial charge in [-0.25, -0.2) is 9.18 Å². The Balaban J connectivity index is 1.97. The Morgan fingerprint density at radius 3 is 2.41 bits per heavy atom. The standard InChI is InChI=1S/C19H18FNO6/c1-26-15-5-6-16(27-2)17-12(15)8-21(9-14(17)22)18(23)11-4-3-10(19(24)25)7-13(11)20/h3-7,14,22H,8-9H2,1-2H3,(H,24,25). The fraction of sp³-hybridized carbons (Fsp3) is 0.263. The number of carbonyl (C=O) groups is 2. The molecule has 0 bridgehead atoms. The molecule has 0 spiro atoms. The second-order valence-corrected chi connectivity index (χ2v) is 6.06. The molecular formula is C19H18FNO6. The van der Waals surface area contributed by atoms with E-state index in [1.54, 1.807) is 12.1 Å². The summed E-state index contributed by atoms with van der Waals surface area (Å²) in [5, 5.41) is 19.5. The summed E-state index contributed by atoms with van der Waals surface area (Å²) in [5.74, 6) is -1.92. The highest BCUT2D eigenvalue weighted by Crippen LogP contribution is 2.39. The Labute approximate surface area is 154 Å². The van der Waals surface area contributed by atoms with Crippen molar-refractivity contribution in [3.63, 3.8) is 0 Å². The van der Waals surface area contributed by atoms with E-state index >= 15 is 0 Å². The zero-order valence-electron chi connectivity index (χ0n) is 14.7. The van der Waals surface area contributed by atoms with Gasteiger partial charge in [0.1, 0.15) is 23.4 Å². The quantitative estimate of drug-likeness (QED) is 0.851. The number of aliphatic hydroxyl groups excluding tert-OH is 1. The number of amides is 1. The van der Waals surface area contributed by atoms with Gasteiger partial charge in [-0.05, 0) is 30.3 Å². The largest absolute Gasteiger partial charge is 0.496 e. The highest BCUT2D eigenvalue weighted by Gasteiger charge is 2.33. The van der Waals surface area contributed by atoms with Gasteiger partial charge in [-0.15, -0.1) is 0 Å². The summed E-state index contributed by atoms with van der Waals surface area (Å²) in [6, 6.07) is 6.43. The van der Waals surface area contributed by atoms with Crippen LogP contribution in [0.25, 0.3) is 0 Å². The van der Waals surface area contributed by atoms with Gasteiger partial charge in [0.05, 0.1) is 38.4 Å². The number of ether oxygens (including phenoxy) is 2. The van der Waals surface area contributed by atoms with E-state index in [9.17, 15) is 19.1 Å². The second-order valence-electron chi connectivity index (χ2n) is 6.06. The first-order valence-corrected chi connectivity index (χ1v) is 8.11. The zero-order valence-corrected chi connectivity index (χ0v) is 14.7. The maximum absolute atomic E-state index is 14.3. The van der Waals surface area contributed by atoms with Crippen LogP contribution in [0.15, 0.2) is 30.3 Å². The average molecular weight is 375 g/mol. The normalized spacial score (nSPS) is 15.9. The number of carboxylic acid groups (broad SMARTS) is 1. The van der Waals surface area contributed by atoms with Crippen LogP contribution in [-0.2, 0) is 6.54 Å². The van der Waals surface area contributed by atoms with E-state index in [4.69, 9.17) is 14.6 Å². The van der Waals surface area contributed by atoms with E-state index in [1.165, 1.54) is 19.1 Å². The van der Waals surface area contributed by atoms with E-state index in [0.717, 1.165) is 18.2 Å². The predicted molar refractivity (Wildman–Crippen MR) is 92.6 cm³/mol.